The second-order valence-electron chi connectivity index (χ2n) is 5.35. The van der Waals surface area contributed by atoms with E-state index in [1.54, 1.807) is 31.2 Å². The van der Waals surface area contributed by atoms with Gasteiger partial charge in [-0.3, -0.25) is 14.2 Å². The van der Waals surface area contributed by atoms with E-state index >= 15 is 0 Å². The monoisotopic (exact) mass is 356 g/mol. The van der Waals surface area contributed by atoms with Gasteiger partial charge < -0.3 is 13.8 Å². The number of hydrogen-bond donors (Lipinski definition) is 0. The van der Waals surface area contributed by atoms with Crippen molar-refractivity contribution in [1.29, 1.82) is 0 Å². The van der Waals surface area contributed by atoms with Crippen molar-refractivity contribution in [3.63, 3.8) is 0 Å². The molecule has 1 rings (SSSR count). The number of unbranched alkanes of at least 4 members (excludes halogenated alkanes) is 2. The highest BCUT2D eigenvalue weighted by atomic mass is 31.2. The van der Waals surface area contributed by atoms with Gasteiger partial charge in [-0.05, 0) is 31.9 Å². The fraction of sp³-hybridized carbons (Fsp3) is 0.529. The lowest BCUT2D eigenvalue weighted by Gasteiger charge is -2.12. The second kappa shape index (κ2) is 10.4. The quantitative estimate of drug-likeness (QED) is 0.194. The molecule has 0 N–H and O–H groups in total. The highest BCUT2D eigenvalue weighted by Gasteiger charge is 2.15. The van der Waals surface area contributed by atoms with Gasteiger partial charge in [0.15, 0.2) is 5.78 Å². The highest BCUT2D eigenvalue weighted by molar-refractivity contribution is 7.52. The zero-order chi connectivity index (χ0) is 18.0. The minimum atomic E-state index is -2.94. The lowest BCUT2D eigenvalue weighted by Crippen LogP contribution is -2.07. The van der Waals surface area contributed by atoms with Crippen LogP contribution in [-0.4, -0.2) is 31.6 Å². The van der Waals surface area contributed by atoms with Crippen LogP contribution < -0.4 is 4.74 Å². The van der Waals surface area contributed by atoms with Crippen LogP contribution in [-0.2, 0) is 18.4 Å². The van der Waals surface area contributed by atoms with E-state index in [4.69, 9.17) is 13.8 Å². The number of carbonyl (C=O) groups excluding carboxylic acids is 2. The molecule has 0 spiro atoms. The van der Waals surface area contributed by atoms with E-state index in [1.165, 1.54) is 13.6 Å². The zero-order valence-electron chi connectivity index (χ0n) is 14.4. The minimum absolute atomic E-state index is 0.0664. The average Bonchev–Trinajstić information content (AvgIpc) is 2.50. The fourth-order valence-corrected chi connectivity index (χ4v) is 3.15. The molecule has 1 atom stereocenters. The molecule has 0 aliphatic carbocycles. The standard InChI is InChI=1S/C17H25O6P/c1-4-21-24(3,20)22-13-9-5-6-11-16(19)15-10-7-8-12-17(15)23-14(2)18/h7-8,10,12H,4-6,9,11,13H2,1-3H3. The summed E-state index contributed by atoms with van der Waals surface area (Å²) >= 11 is 0. The predicted molar refractivity (Wildman–Crippen MR) is 91.7 cm³/mol. The Morgan fingerprint density at radius 2 is 1.79 bits per heavy atom. The highest BCUT2D eigenvalue weighted by Crippen LogP contribution is 2.43. The number of carbonyl (C=O) groups is 2. The van der Waals surface area contributed by atoms with Crippen molar-refractivity contribution in [2.24, 2.45) is 0 Å². The van der Waals surface area contributed by atoms with Gasteiger partial charge in [-0.25, -0.2) is 0 Å². The molecule has 0 aliphatic heterocycles. The van der Waals surface area contributed by atoms with Crippen molar-refractivity contribution in [3.8, 4) is 5.75 Å². The van der Waals surface area contributed by atoms with Gasteiger partial charge in [-0.2, -0.15) is 0 Å². The first kappa shape index (κ1) is 20.6. The number of Topliss-reactive ketones (excluding diaryl/α,β-unsaturated/α-hetero) is 1. The Morgan fingerprint density at radius 1 is 1.08 bits per heavy atom. The Hall–Kier alpha value is -1.49. The van der Waals surface area contributed by atoms with Crippen LogP contribution in [0.1, 0.15) is 49.9 Å². The number of para-hydroxylation sites is 1. The largest absolute Gasteiger partial charge is 0.426 e. The van der Waals surface area contributed by atoms with Gasteiger partial charge in [0.2, 0.25) is 0 Å². The lowest BCUT2D eigenvalue weighted by molar-refractivity contribution is -0.131. The molecule has 1 aromatic carbocycles. The maximum Gasteiger partial charge on any atom is 0.327 e. The van der Waals surface area contributed by atoms with Crippen LogP contribution in [0.3, 0.4) is 0 Å². The third-order valence-corrected chi connectivity index (χ3v) is 4.56. The number of hydrogen-bond acceptors (Lipinski definition) is 6. The molecule has 134 valence electrons. The van der Waals surface area contributed by atoms with Gasteiger partial charge in [0.1, 0.15) is 5.75 Å². The number of rotatable bonds is 11. The van der Waals surface area contributed by atoms with Crippen molar-refractivity contribution in [2.75, 3.05) is 19.9 Å². The molecule has 1 aromatic rings. The van der Waals surface area contributed by atoms with Crippen molar-refractivity contribution in [3.05, 3.63) is 29.8 Å². The van der Waals surface area contributed by atoms with E-state index in [1.807, 2.05) is 0 Å². The molecule has 0 aromatic heterocycles. The smallest absolute Gasteiger partial charge is 0.327 e. The zero-order valence-corrected chi connectivity index (χ0v) is 15.3. The van der Waals surface area contributed by atoms with Gasteiger partial charge in [-0.15, -0.1) is 0 Å². The Bertz CT molecular complexity index is 598. The Labute approximate surface area is 143 Å². The molecular weight excluding hydrogens is 331 g/mol. The van der Waals surface area contributed by atoms with Gasteiger partial charge >= 0.3 is 13.6 Å². The Morgan fingerprint density at radius 3 is 2.46 bits per heavy atom. The maximum absolute atomic E-state index is 12.2. The normalized spacial score (nSPS) is 13.3. The van der Waals surface area contributed by atoms with E-state index in [0.717, 1.165) is 6.42 Å². The van der Waals surface area contributed by atoms with Crippen LogP contribution in [0.4, 0.5) is 0 Å². The molecule has 0 saturated heterocycles. The van der Waals surface area contributed by atoms with E-state index in [-0.39, 0.29) is 5.78 Å². The maximum atomic E-state index is 12.2. The van der Waals surface area contributed by atoms with Crippen molar-refractivity contribution in [1.82, 2.24) is 0 Å². The number of esters is 1. The lowest BCUT2D eigenvalue weighted by atomic mass is 10.0. The molecule has 0 aliphatic rings. The summed E-state index contributed by atoms with van der Waals surface area (Å²) in [5, 5.41) is 0. The van der Waals surface area contributed by atoms with Gasteiger partial charge in [0.25, 0.3) is 0 Å². The predicted octanol–water partition coefficient (Wildman–Crippen LogP) is 4.23. The summed E-state index contributed by atoms with van der Waals surface area (Å²) in [6, 6.07) is 6.71. The minimum Gasteiger partial charge on any atom is -0.426 e. The summed E-state index contributed by atoms with van der Waals surface area (Å²) in [6.45, 7) is 5.21. The Kier molecular flexibility index (Phi) is 8.90. The SMILES string of the molecule is CCOP(C)(=O)OCCCCCC(=O)c1ccccc1OC(C)=O. The van der Waals surface area contributed by atoms with Crippen LogP contribution in [0.15, 0.2) is 24.3 Å². The third-order valence-electron chi connectivity index (χ3n) is 3.18. The van der Waals surface area contributed by atoms with Gasteiger partial charge in [-0.1, -0.05) is 18.6 Å². The summed E-state index contributed by atoms with van der Waals surface area (Å²) in [5.41, 5.74) is 0.415. The molecule has 0 radical (unpaired) electrons. The van der Waals surface area contributed by atoms with Crippen LogP contribution in [0.2, 0.25) is 0 Å². The molecule has 0 fully saturated rings. The summed E-state index contributed by atoms with van der Waals surface area (Å²) in [7, 11) is -2.94. The first-order valence-electron chi connectivity index (χ1n) is 8.03. The molecular formula is C17H25O6P. The summed E-state index contributed by atoms with van der Waals surface area (Å²) < 4.78 is 27.0. The fourth-order valence-electron chi connectivity index (χ4n) is 2.14. The summed E-state index contributed by atoms with van der Waals surface area (Å²) in [6.07, 6.45) is 2.50. The van der Waals surface area contributed by atoms with E-state index < -0.39 is 13.6 Å². The van der Waals surface area contributed by atoms with Crippen molar-refractivity contribution >= 4 is 19.3 Å². The van der Waals surface area contributed by atoms with E-state index in [0.29, 0.717) is 43.8 Å². The third kappa shape index (κ3) is 7.86. The Balaban J connectivity index is 2.35. The van der Waals surface area contributed by atoms with Crippen LogP contribution >= 0.6 is 7.60 Å². The van der Waals surface area contributed by atoms with E-state index in [2.05, 4.69) is 0 Å². The molecule has 0 amide bonds. The molecule has 0 saturated carbocycles. The number of ether oxygens (including phenoxy) is 1. The first-order chi connectivity index (χ1) is 11.4. The molecule has 0 heterocycles. The number of ketones is 1. The molecule has 6 nitrogen and oxygen atoms in total. The van der Waals surface area contributed by atoms with Gasteiger partial charge in [0, 0.05) is 20.0 Å². The van der Waals surface area contributed by atoms with Gasteiger partial charge in [0.05, 0.1) is 18.8 Å². The second-order valence-corrected chi connectivity index (χ2v) is 7.41. The van der Waals surface area contributed by atoms with Crippen molar-refractivity contribution < 1.29 is 27.9 Å². The summed E-state index contributed by atoms with van der Waals surface area (Å²) in [4.78, 5) is 23.3. The average molecular weight is 356 g/mol. The van der Waals surface area contributed by atoms with Crippen LogP contribution in [0, 0.1) is 0 Å². The first-order valence-corrected chi connectivity index (χ1v) is 10.0. The van der Waals surface area contributed by atoms with Crippen molar-refractivity contribution in [2.45, 2.75) is 39.5 Å². The molecule has 1 unspecified atom stereocenters. The number of benzene rings is 1. The molecule has 0 bridgehead atoms. The van der Waals surface area contributed by atoms with Crippen LogP contribution in [0.5, 0.6) is 5.75 Å². The van der Waals surface area contributed by atoms with E-state index in [9.17, 15) is 14.2 Å². The van der Waals surface area contributed by atoms with Crippen LogP contribution in [0.25, 0.3) is 0 Å². The topological polar surface area (TPSA) is 78.9 Å². The molecule has 24 heavy (non-hydrogen) atoms. The summed E-state index contributed by atoms with van der Waals surface area (Å²) in [5.74, 6) is -0.226. The molecule has 7 heteroatoms.